The number of methoxy groups -OCH3 is 1. The largest absolute Gasteiger partial charge is 0.469 e. The summed E-state index contributed by atoms with van der Waals surface area (Å²) in [7, 11) is 1.31. The monoisotopic (exact) mass is 464 g/mol. The van der Waals surface area contributed by atoms with E-state index in [1.165, 1.54) is 17.7 Å². The van der Waals surface area contributed by atoms with Crippen LogP contribution >= 0.6 is 0 Å². The lowest BCUT2D eigenvalue weighted by Crippen LogP contribution is -2.35. The number of pyridine rings is 1. The molecule has 0 spiro atoms. The predicted octanol–water partition coefficient (Wildman–Crippen LogP) is 5.15. The van der Waals surface area contributed by atoms with Crippen LogP contribution in [-0.4, -0.2) is 23.6 Å². The Morgan fingerprint density at radius 3 is 2.32 bits per heavy atom. The number of aromatic nitrogens is 1. The topological polar surface area (TPSA) is 77.4 Å². The number of hydrogen-bond acceptors (Lipinski definition) is 4. The Morgan fingerprint density at radius 1 is 1.00 bits per heavy atom. The number of nitrogens with one attached hydrogen (secondary N) is 1. The number of rotatable bonds is 7. The van der Waals surface area contributed by atoms with E-state index in [-0.39, 0.29) is 25.9 Å². The molecule has 3 aromatic rings. The number of esters is 1. The number of hydrogen-bond donors (Lipinski definition) is 1. The Hall–Kier alpha value is -3.67. The summed E-state index contributed by atoms with van der Waals surface area (Å²) in [6, 6.07) is 19.9. The molecule has 6 nitrogen and oxygen atoms in total. The van der Waals surface area contributed by atoms with Crippen molar-refractivity contribution >= 4 is 11.9 Å². The number of aryl methyl sites for hydroxylation is 1. The SMILES string of the molecule is CC(C)C.COC(=O)C[C@H](NC(=O)Cn1ccccc1=O)c1cccc(-c2ccccc2C)c1.[HH]. The molecule has 1 N–H and O–H groups in total. The van der Waals surface area contributed by atoms with E-state index in [1.807, 2.05) is 55.5 Å². The number of ether oxygens (including phenoxy) is 1. The summed E-state index contributed by atoms with van der Waals surface area (Å²) < 4.78 is 6.12. The maximum atomic E-state index is 12.6. The fourth-order valence-electron chi connectivity index (χ4n) is 3.31. The molecule has 0 radical (unpaired) electrons. The molecule has 1 heterocycles. The van der Waals surface area contributed by atoms with E-state index < -0.39 is 12.0 Å². The van der Waals surface area contributed by atoms with E-state index in [2.05, 4.69) is 26.1 Å². The van der Waals surface area contributed by atoms with Gasteiger partial charge in [0.1, 0.15) is 6.54 Å². The van der Waals surface area contributed by atoms with Crippen molar-refractivity contribution < 1.29 is 15.8 Å². The molecule has 1 aromatic heterocycles. The minimum atomic E-state index is -0.576. The van der Waals surface area contributed by atoms with Crippen molar-refractivity contribution in [2.75, 3.05) is 7.11 Å². The van der Waals surface area contributed by atoms with E-state index in [4.69, 9.17) is 4.74 Å². The lowest BCUT2D eigenvalue weighted by atomic mass is 9.95. The maximum absolute atomic E-state index is 12.6. The van der Waals surface area contributed by atoms with Gasteiger partial charge in [0, 0.05) is 13.7 Å². The second-order valence-electron chi connectivity index (χ2n) is 8.74. The maximum Gasteiger partial charge on any atom is 0.307 e. The first-order valence-electron chi connectivity index (χ1n) is 11.4. The molecule has 2 aromatic carbocycles. The van der Waals surface area contributed by atoms with E-state index in [0.29, 0.717) is 0 Å². The molecule has 0 aliphatic carbocycles. The Labute approximate surface area is 203 Å². The normalized spacial score (nSPS) is 11.2. The number of amides is 1. The molecular weight excluding hydrogens is 428 g/mol. The number of carbonyl (C=O) groups is 2. The van der Waals surface area contributed by atoms with Gasteiger partial charge in [0.2, 0.25) is 5.91 Å². The quantitative estimate of drug-likeness (QED) is 0.491. The molecule has 0 aliphatic heterocycles. The van der Waals surface area contributed by atoms with Crippen LogP contribution in [0.1, 0.15) is 45.8 Å². The highest BCUT2D eigenvalue weighted by atomic mass is 16.5. The van der Waals surface area contributed by atoms with Gasteiger partial charge in [0.15, 0.2) is 0 Å². The average molecular weight is 465 g/mol. The molecule has 0 fully saturated rings. The van der Waals surface area contributed by atoms with Crippen LogP contribution in [0.5, 0.6) is 0 Å². The van der Waals surface area contributed by atoms with Crippen molar-refractivity contribution in [2.45, 2.75) is 46.7 Å². The molecule has 0 aliphatic rings. The van der Waals surface area contributed by atoms with Crippen LogP contribution in [-0.2, 0) is 20.9 Å². The van der Waals surface area contributed by atoms with Gasteiger partial charge >= 0.3 is 5.97 Å². The minimum absolute atomic E-state index is 0. The van der Waals surface area contributed by atoms with Crippen molar-refractivity contribution in [3.8, 4) is 11.1 Å². The van der Waals surface area contributed by atoms with Crippen LogP contribution in [0.2, 0.25) is 0 Å². The van der Waals surface area contributed by atoms with Crippen LogP contribution in [0.25, 0.3) is 11.1 Å². The minimum Gasteiger partial charge on any atom is -0.469 e. The van der Waals surface area contributed by atoms with Gasteiger partial charge in [-0.15, -0.1) is 0 Å². The molecule has 0 saturated heterocycles. The van der Waals surface area contributed by atoms with E-state index in [1.54, 1.807) is 18.3 Å². The van der Waals surface area contributed by atoms with Crippen molar-refractivity contribution in [3.63, 3.8) is 0 Å². The van der Waals surface area contributed by atoms with Crippen LogP contribution in [0.3, 0.4) is 0 Å². The Morgan fingerprint density at radius 2 is 1.68 bits per heavy atom. The van der Waals surface area contributed by atoms with Crippen molar-refractivity contribution in [1.29, 1.82) is 0 Å². The van der Waals surface area contributed by atoms with Crippen LogP contribution in [0.15, 0.2) is 77.7 Å². The van der Waals surface area contributed by atoms with Crippen molar-refractivity contribution in [2.24, 2.45) is 5.92 Å². The second kappa shape index (κ2) is 13.1. The first-order valence-corrected chi connectivity index (χ1v) is 11.4. The summed E-state index contributed by atoms with van der Waals surface area (Å²) >= 11 is 0. The van der Waals surface area contributed by atoms with Crippen LogP contribution < -0.4 is 10.9 Å². The second-order valence-corrected chi connectivity index (χ2v) is 8.74. The molecule has 182 valence electrons. The molecular formula is C28H36N2O4. The highest BCUT2D eigenvalue weighted by Crippen LogP contribution is 2.27. The van der Waals surface area contributed by atoms with Gasteiger partial charge < -0.3 is 14.6 Å². The standard InChI is InChI=1S/C24H24N2O4.C4H10.H2/c1-17-8-3-4-11-20(17)18-9-7-10-19(14-18)21(15-24(29)30-2)25-22(27)16-26-13-6-5-12-23(26)28;1-4(2)3;/h3-14,21H,15-16H2,1-2H3,(H,25,27);4H,1-3H3;1H/t21-;;/m0../s1. The summed E-state index contributed by atoms with van der Waals surface area (Å²) in [5.41, 5.74) is 3.73. The number of benzene rings is 2. The molecule has 0 unspecified atom stereocenters. The van der Waals surface area contributed by atoms with Gasteiger partial charge in [-0.1, -0.05) is 69.3 Å². The Balaban J connectivity index is 0.00000114. The molecule has 6 heteroatoms. The van der Waals surface area contributed by atoms with Crippen LogP contribution in [0.4, 0.5) is 0 Å². The summed E-state index contributed by atoms with van der Waals surface area (Å²) in [4.78, 5) is 36.5. The van der Waals surface area contributed by atoms with Gasteiger partial charge in [-0.3, -0.25) is 14.4 Å². The summed E-state index contributed by atoms with van der Waals surface area (Å²) in [6.07, 6.45) is 1.54. The van der Waals surface area contributed by atoms with Gasteiger partial charge in [-0.05, 0) is 47.2 Å². The van der Waals surface area contributed by atoms with Gasteiger partial charge in [0.25, 0.3) is 5.56 Å². The highest BCUT2D eigenvalue weighted by Gasteiger charge is 2.20. The lowest BCUT2D eigenvalue weighted by molar-refractivity contribution is -0.141. The lowest BCUT2D eigenvalue weighted by Gasteiger charge is -2.20. The molecule has 0 saturated carbocycles. The van der Waals surface area contributed by atoms with E-state index in [9.17, 15) is 14.4 Å². The van der Waals surface area contributed by atoms with Gasteiger partial charge in [-0.2, -0.15) is 0 Å². The fraction of sp³-hybridized carbons (Fsp3) is 0.321. The van der Waals surface area contributed by atoms with Crippen LogP contribution in [0, 0.1) is 12.8 Å². The molecule has 0 bridgehead atoms. The zero-order valence-corrected chi connectivity index (χ0v) is 20.6. The first kappa shape index (κ1) is 26.6. The Bertz CT molecular complexity index is 1150. The van der Waals surface area contributed by atoms with Gasteiger partial charge in [-0.25, -0.2) is 0 Å². The third-order valence-electron chi connectivity index (χ3n) is 4.89. The number of carbonyl (C=O) groups excluding carboxylic acids is 2. The fourth-order valence-corrected chi connectivity index (χ4v) is 3.31. The zero-order valence-electron chi connectivity index (χ0n) is 20.6. The van der Waals surface area contributed by atoms with Crippen molar-refractivity contribution in [3.05, 3.63) is 94.4 Å². The third-order valence-corrected chi connectivity index (χ3v) is 4.89. The summed E-state index contributed by atoms with van der Waals surface area (Å²) in [5.74, 6) is 0.0389. The van der Waals surface area contributed by atoms with Crippen molar-refractivity contribution in [1.82, 2.24) is 9.88 Å². The zero-order chi connectivity index (χ0) is 25.1. The average Bonchev–Trinajstić information content (AvgIpc) is 2.80. The molecule has 1 atom stereocenters. The number of nitrogens with zero attached hydrogens (tertiary/aromatic N) is 1. The third kappa shape index (κ3) is 8.35. The molecule has 1 amide bonds. The highest BCUT2D eigenvalue weighted by molar-refractivity contribution is 5.78. The Kier molecular flexibility index (Phi) is 10.3. The smallest absolute Gasteiger partial charge is 0.307 e. The van der Waals surface area contributed by atoms with E-state index >= 15 is 0 Å². The summed E-state index contributed by atoms with van der Waals surface area (Å²) in [5, 5.41) is 2.87. The summed E-state index contributed by atoms with van der Waals surface area (Å²) in [6.45, 7) is 8.40. The predicted molar refractivity (Wildman–Crippen MR) is 137 cm³/mol. The molecule has 3 rings (SSSR count). The van der Waals surface area contributed by atoms with Gasteiger partial charge in [0.05, 0.1) is 19.6 Å². The van der Waals surface area contributed by atoms with E-state index in [0.717, 1.165) is 28.2 Å². The molecule has 34 heavy (non-hydrogen) atoms. The first-order chi connectivity index (χ1) is 16.2.